The second kappa shape index (κ2) is 14.9. The van der Waals surface area contributed by atoms with E-state index in [4.69, 9.17) is 9.47 Å². The molecule has 0 spiro atoms. The quantitative estimate of drug-likeness (QED) is 0.170. The van der Waals surface area contributed by atoms with Crippen molar-refractivity contribution in [3.63, 3.8) is 0 Å². The molecule has 2 aromatic rings. The van der Waals surface area contributed by atoms with Gasteiger partial charge in [0.1, 0.15) is 0 Å². The largest absolute Gasteiger partial charge is 0.465 e. The highest BCUT2D eigenvalue weighted by Crippen LogP contribution is 2.34. The van der Waals surface area contributed by atoms with Crippen molar-refractivity contribution in [2.24, 2.45) is 5.10 Å². The number of hydrogen-bond donors (Lipinski definition) is 1. The van der Waals surface area contributed by atoms with Gasteiger partial charge >= 0.3 is 12.0 Å². The molecule has 1 saturated heterocycles. The Morgan fingerprint density at radius 3 is 2.52 bits per heavy atom. The number of methoxy groups -OCH3 is 1. The molecule has 0 saturated carbocycles. The highest BCUT2D eigenvalue weighted by molar-refractivity contribution is 7.99. The first-order valence-corrected chi connectivity index (χ1v) is 15.0. The molecule has 2 heterocycles. The van der Waals surface area contributed by atoms with E-state index in [0.717, 1.165) is 53.1 Å². The summed E-state index contributed by atoms with van der Waals surface area (Å²) in [6.07, 6.45) is 6.34. The van der Waals surface area contributed by atoms with Crippen LogP contribution in [0.5, 0.6) is 0 Å². The van der Waals surface area contributed by atoms with Crippen molar-refractivity contribution in [1.82, 2.24) is 10.3 Å². The first-order chi connectivity index (χ1) is 19.5. The molecule has 9 nitrogen and oxygen atoms in total. The maximum Gasteiger partial charge on any atom is 0.337 e. The van der Waals surface area contributed by atoms with Crippen LogP contribution in [0, 0.1) is 0 Å². The number of urea groups is 1. The third kappa shape index (κ3) is 7.63. The van der Waals surface area contributed by atoms with Gasteiger partial charge in [0.25, 0.3) is 5.91 Å². The molecule has 0 atom stereocenters. The highest BCUT2D eigenvalue weighted by Gasteiger charge is 2.34. The van der Waals surface area contributed by atoms with Crippen LogP contribution < -0.4 is 10.3 Å². The summed E-state index contributed by atoms with van der Waals surface area (Å²) < 4.78 is 10.1. The van der Waals surface area contributed by atoms with Gasteiger partial charge in [0.2, 0.25) is 0 Å². The van der Waals surface area contributed by atoms with E-state index in [1.807, 2.05) is 30.3 Å². The number of unbranched alkanes of at least 4 members (excludes halogenated alkanes) is 4. The Morgan fingerprint density at radius 2 is 1.80 bits per heavy atom. The van der Waals surface area contributed by atoms with Crippen LogP contribution in [0.3, 0.4) is 0 Å². The maximum atomic E-state index is 13.4. The second-order valence-corrected chi connectivity index (χ2v) is 11.0. The molecule has 1 fully saturated rings. The number of hydrazone groups is 1. The highest BCUT2D eigenvalue weighted by atomic mass is 32.2. The number of carbonyl (C=O) groups excluding carboxylic acids is 3. The smallest absolute Gasteiger partial charge is 0.337 e. The molecule has 40 heavy (non-hydrogen) atoms. The number of benzene rings is 2. The van der Waals surface area contributed by atoms with Crippen molar-refractivity contribution in [3.8, 4) is 0 Å². The Labute approximate surface area is 240 Å². The lowest BCUT2D eigenvalue weighted by atomic mass is 10.1. The minimum atomic E-state index is -0.345. The minimum absolute atomic E-state index is 0.180. The fraction of sp³-hybridized carbons (Fsp3) is 0.467. The van der Waals surface area contributed by atoms with Crippen LogP contribution in [0.4, 0.5) is 10.5 Å². The number of morpholine rings is 1. The van der Waals surface area contributed by atoms with Gasteiger partial charge in [-0.3, -0.25) is 4.79 Å². The van der Waals surface area contributed by atoms with Gasteiger partial charge in [0.05, 0.1) is 31.6 Å². The SMILES string of the molecule is CCCCCCCN1C(=O)/C(=N\NC(=O)N2CCOCC2)c2cc(SCCc3ccc(C(=O)OC)cc3)ccc21. The van der Waals surface area contributed by atoms with Crippen molar-refractivity contribution in [2.75, 3.05) is 50.6 Å². The predicted octanol–water partition coefficient (Wildman–Crippen LogP) is 4.87. The summed E-state index contributed by atoms with van der Waals surface area (Å²) in [5.74, 6) is 0.300. The van der Waals surface area contributed by atoms with Crippen LogP contribution in [-0.2, 0) is 20.7 Å². The van der Waals surface area contributed by atoms with Crippen LogP contribution in [0.25, 0.3) is 0 Å². The summed E-state index contributed by atoms with van der Waals surface area (Å²) in [6.45, 7) is 4.79. The van der Waals surface area contributed by atoms with E-state index in [-0.39, 0.29) is 23.6 Å². The van der Waals surface area contributed by atoms with E-state index in [1.54, 1.807) is 33.7 Å². The fourth-order valence-corrected chi connectivity index (χ4v) is 5.68. The molecule has 2 aliphatic heterocycles. The molecular formula is C30H38N4O5S. The molecule has 214 valence electrons. The lowest BCUT2D eigenvalue weighted by Gasteiger charge is -2.25. The number of aryl methyl sites for hydroxylation is 1. The Morgan fingerprint density at radius 1 is 1.05 bits per heavy atom. The predicted molar refractivity (Wildman–Crippen MR) is 157 cm³/mol. The van der Waals surface area contributed by atoms with E-state index in [1.165, 1.54) is 20.0 Å². The van der Waals surface area contributed by atoms with Crippen molar-refractivity contribution < 1.29 is 23.9 Å². The van der Waals surface area contributed by atoms with E-state index >= 15 is 0 Å². The van der Waals surface area contributed by atoms with Crippen molar-refractivity contribution in [3.05, 3.63) is 59.2 Å². The van der Waals surface area contributed by atoms with Crippen LogP contribution in [0.1, 0.15) is 60.5 Å². The summed E-state index contributed by atoms with van der Waals surface area (Å²) in [5.41, 5.74) is 6.11. The number of rotatable bonds is 12. The normalized spacial score (nSPS) is 15.8. The topological polar surface area (TPSA) is 101 Å². The minimum Gasteiger partial charge on any atom is -0.465 e. The summed E-state index contributed by atoms with van der Waals surface area (Å²) in [5, 5.41) is 4.32. The van der Waals surface area contributed by atoms with Crippen molar-refractivity contribution >= 4 is 41.1 Å². The molecule has 2 aromatic carbocycles. The molecule has 2 aliphatic rings. The number of hydrogen-bond acceptors (Lipinski definition) is 7. The third-order valence-electron chi connectivity index (χ3n) is 7.04. The number of fused-ring (bicyclic) bond motifs is 1. The number of anilines is 1. The van der Waals surface area contributed by atoms with Gasteiger partial charge in [-0.1, -0.05) is 44.7 Å². The van der Waals surface area contributed by atoms with Crippen LogP contribution in [0.2, 0.25) is 0 Å². The molecule has 4 rings (SSSR count). The summed E-state index contributed by atoms with van der Waals surface area (Å²) >= 11 is 1.69. The Balaban J connectivity index is 1.44. The van der Waals surface area contributed by atoms with Crippen molar-refractivity contribution in [1.29, 1.82) is 0 Å². The standard InChI is InChI=1S/C30H38N4O5S/c1-3-4-5-6-7-15-34-26-13-12-24(40-20-14-22-8-10-23(11-9-22)29(36)38-2)21-25(26)27(28(34)35)31-32-30(37)33-16-18-39-19-17-33/h8-13,21H,3-7,14-20H2,1-2H3,(H,32,37)/b31-27-. The lowest BCUT2D eigenvalue weighted by Crippen LogP contribution is -2.45. The van der Waals surface area contributed by atoms with E-state index < -0.39 is 0 Å². The van der Waals surface area contributed by atoms with Crippen LogP contribution >= 0.6 is 11.8 Å². The van der Waals surface area contributed by atoms with Crippen LogP contribution in [-0.4, -0.2) is 74.2 Å². The first kappa shape index (κ1) is 29.6. The number of nitrogens with one attached hydrogen (secondary N) is 1. The number of ether oxygens (including phenoxy) is 2. The molecule has 10 heteroatoms. The van der Waals surface area contributed by atoms with E-state index in [0.29, 0.717) is 38.4 Å². The molecule has 0 radical (unpaired) electrons. The maximum absolute atomic E-state index is 13.4. The number of carbonyl (C=O) groups is 3. The third-order valence-corrected chi connectivity index (χ3v) is 8.04. The number of amides is 3. The van der Waals surface area contributed by atoms with Gasteiger partial charge in [-0.2, -0.15) is 5.10 Å². The average Bonchev–Trinajstić information content (AvgIpc) is 3.25. The number of nitrogens with zero attached hydrogens (tertiary/aromatic N) is 3. The second-order valence-electron chi connectivity index (χ2n) is 9.81. The molecule has 1 N–H and O–H groups in total. The van der Waals surface area contributed by atoms with Gasteiger partial charge in [-0.05, 0) is 48.7 Å². The zero-order chi connectivity index (χ0) is 28.3. The Kier molecular flexibility index (Phi) is 11.0. The molecule has 0 aromatic heterocycles. The van der Waals surface area contributed by atoms with E-state index in [9.17, 15) is 14.4 Å². The number of esters is 1. The van der Waals surface area contributed by atoms with E-state index in [2.05, 4.69) is 17.5 Å². The first-order valence-electron chi connectivity index (χ1n) is 14.0. The Bertz CT molecular complexity index is 1210. The van der Waals surface area contributed by atoms with Gasteiger partial charge in [-0.15, -0.1) is 11.8 Å². The van der Waals surface area contributed by atoms with Gasteiger partial charge in [-0.25, -0.2) is 15.0 Å². The molecule has 0 aliphatic carbocycles. The van der Waals surface area contributed by atoms with Gasteiger partial charge in [0, 0.05) is 35.8 Å². The average molecular weight is 567 g/mol. The van der Waals surface area contributed by atoms with Crippen LogP contribution in [0.15, 0.2) is 52.5 Å². The van der Waals surface area contributed by atoms with Gasteiger partial charge < -0.3 is 19.3 Å². The zero-order valence-corrected chi connectivity index (χ0v) is 24.1. The summed E-state index contributed by atoms with van der Waals surface area (Å²) in [7, 11) is 1.37. The van der Waals surface area contributed by atoms with Gasteiger partial charge in [0.15, 0.2) is 5.71 Å². The summed E-state index contributed by atoms with van der Waals surface area (Å²) in [4.78, 5) is 42.2. The zero-order valence-electron chi connectivity index (χ0n) is 23.3. The molecule has 3 amide bonds. The molecule has 0 unspecified atom stereocenters. The summed E-state index contributed by atoms with van der Waals surface area (Å²) in [6, 6.07) is 13.1. The fourth-order valence-electron chi connectivity index (χ4n) is 4.74. The lowest BCUT2D eigenvalue weighted by molar-refractivity contribution is -0.112. The molecular weight excluding hydrogens is 528 g/mol. The van der Waals surface area contributed by atoms with Crippen molar-refractivity contribution in [2.45, 2.75) is 50.3 Å². The monoisotopic (exact) mass is 566 g/mol. The molecule has 0 bridgehead atoms. The Hall–Kier alpha value is -3.37. The number of thioether (sulfide) groups is 1.